The van der Waals surface area contributed by atoms with Crippen molar-refractivity contribution >= 4 is 5.91 Å². The number of carbonyl (C=O) groups excluding carboxylic acids is 1. The van der Waals surface area contributed by atoms with E-state index in [0.717, 1.165) is 19.3 Å². The first-order valence-corrected chi connectivity index (χ1v) is 3.88. The van der Waals surface area contributed by atoms with E-state index in [0.29, 0.717) is 0 Å². The van der Waals surface area contributed by atoms with Crippen molar-refractivity contribution in [2.24, 2.45) is 5.92 Å². The van der Waals surface area contributed by atoms with Crippen molar-refractivity contribution in [3.05, 3.63) is 0 Å². The van der Waals surface area contributed by atoms with Gasteiger partial charge in [-0.1, -0.05) is 0 Å². The van der Waals surface area contributed by atoms with Crippen LogP contribution in [-0.4, -0.2) is 24.9 Å². The molecule has 0 saturated carbocycles. The van der Waals surface area contributed by atoms with E-state index in [9.17, 15) is 4.79 Å². The van der Waals surface area contributed by atoms with Gasteiger partial charge in [0.15, 0.2) is 0 Å². The third kappa shape index (κ3) is 1.98. The minimum absolute atomic E-state index is 0.159. The maximum atomic E-state index is 11.4. The highest BCUT2D eigenvalue weighted by atomic mass is 16.2. The summed E-state index contributed by atoms with van der Waals surface area (Å²) in [5.74, 6) is 6.34. The molecule has 0 bridgehead atoms. The van der Waals surface area contributed by atoms with Crippen molar-refractivity contribution in [3.8, 4) is 11.8 Å². The van der Waals surface area contributed by atoms with E-state index in [2.05, 4.69) is 11.8 Å². The third-order valence-corrected chi connectivity index (χ3v) is 1.88. The van der Waals surface area contributed by atoms with Gasteiger partial charge in [0.1, 0.15) is 0 Å². The van der Waals surface area contributed by atoms with Gasteiger partial charge in [0, 0.05) is 32.9 Å². The van der Waals surface area contributed by atoms with Gasteiger partial charge in [-0.05, 0) is 6.42 Å². The number of rotatable bonds is 1. The molecule has 1 amide bonds. The highest BCUT2D eigenvalue weighted by Crippen LogP contribution is 2.15. The van der Waals surface area contributed by atoms with E-state index in [1.165, 1.54) is 0 Å². The first-order chi connectivity index (χ1) is 5.22. The molecule has 2 heteroatoms. The average molecular weight is 151 g/mol. The molecule has 1 aliphatic rings. The monoisotopic (exact) mass is 151 g/mol. The first kappa shape index (κ1) is 8.13. The van der Waals surface area contributed by atoms with Gasteiger partial charge in [-0.3, -0.25) is 4.79 Å². The van der Waals surface area contributed by atoms with E-state index in [-0.39, 0.29) is 11.8 Å². The van der Waals surface area contributed by atoms with Crippen LogP contribution in [0.25, 0.3) is 0 Å². The molecule has 0 spiro atoms. The third-order valence-electron chi connectivity index (χ3n) is 1.88. The Morgan fingerprint density at radius 1 is 1.45 bits per heavy atom. The van der Waals surface area contributed by atoms with Crippen LogP contribution in [0.2, 0.25) is 0 Å². The fourth-order valence-corrected chi connectivity index (χ4v) is 1.21. The Hall–Kier alpha value is -0.970. The van der Waals surface area contributed by atoms with Crippen molar-refractivity contribution in [1.29, 1.82) is 0 Å². The van der Waals surface area contributed by atoms with Crippen LogP contribution in [0.5, 0.6) is 0 Å². The lowest BCUT2D eigenvalue weighted by atomic mass is 9.95. The van der Waals surface area contributed by atoms with E-state index >= 15 is 0 Å². The molecule has 60 valence electrons. The van der Waals surface area contributed by atoms with Crippen LogP contribution >= 0.6 is 0 Å². The number of carbonyl (C=O) groups is 1. The van der Waals surface area contributed by atoms with Gasteiger partial charge in [-0.15, -0.1) is 11.8 Å². The quantitative estimate of drug-likeness (QED) is 0.509. The second-order valence-corrected chi connectivity index (χ2v) is 3.03. The number of nitrogens with zero attached hydrogens (tertiary/aromatic N) is 1. The van der Waals surface area contributed by atoms with Crippen molar-refractivity contribution in [2.75, 3.05) is 14.1 Å². The molecule has 1 rings (SSSR count). The maximum absolute atomic E-state index is 11.4. The zero-order valence-electron chi connectivity index (χ0n) is 7.05. The van der Waals surface area contributed by atoms with Crippen LogP contribution < -0.4 is 0 Å². The summed E-state index contributed by atoms with van der Waals surface area (Å²) in [4.78, 5) is 13.0. The van der Waals surface area contributed by atoms with Gasteiger partial charge in [0.25, 0.3) is 0 Å². The number of hydrogen-bond donors (Lipinski definition) is 0. The van der Waals surface area contributed by atoms with Crippen LogP contribution in [-0.2, 0) is 4.79 Å². The highest BCUT2D eigenvalue weighted by Gasteiger charge is 2.19. The molecular weight excluding hydrogens is 138 g/mol. The van der Waals surface area contributed by atoms with Crippen molar-refractivity contribution in [1.82, 2.24) is 4.90 Å². The summed E-state index contributed by atoms with van der Waals surface area (Å²) in [6.07, 6.45) is 2.56. The minimum atomic E-state index is 0.159. The molecule has 0 aromatic heterocycles. The van der Waals surface area contributed by atoms with Gasteiger partial charge < -0.3 is 4.90 Å². The topological polar surface area (TPSA) is 20.3 Å². The second kappa shape index (κ2) is 3.43. The molecule has 1 aliphatic carbocycles. The molecule has 0 aliphatic heterocycles. The first-order valence-electron chi connectivity index (χ1n) is 3.88. The van der Waals surface area contributed by atoms with Gasteiger partial charge in [-0.25, -0.2) is 0 Å². The molecule has 11 heavy (non-hydrogen) atoms. The number of amides is 1. The Kier molecular flexibility index (Phi) is 2.53. The minimum Gasteiger partial charge on any atom is -0.349 e. The molecule has 0 saturated heterocycles. The Bertz CT molecular complexity index is 209. The fraction of sp³-hybridized carbons (Fsp3) is 0.667. The fourth-order valence-electron chi connectivity index (χ4n) is 1.21. The summed E-state index contributed by atoms with van der Waals surface area (Å²) in [5, 5.41) is 0. The number of hydrogen-bond acceptors (Lipinski definition) is 1. The Balaban J connectivity index is 2.50. The molecule has 1 atom stereocenters. The maximum Gasteiger partial charge on any atom is 0.226 e. The smallest absolute Gasteiger partial charge is 0.226 e. The Morgan fingerprint density at radius 2 is 2.18 bits per heavy atom. The lowest BCUT2D eigenvalue weighted by molar-refractivity contribution is -0.133. The molecule has 0 radical (unpaired) electrons. The highest BCUT2D eigenvalue weighted by molar-refractivity contribution is 5.78. The second-order valence-electron chi connectivity index (χ2n) is 3.03. The van der Waals surface area contributed by atoms with Gasteiger partial charge in [0.05, 0.1) is 0 Å². The van der Waals surface area contributed by atoms with E-state index < -0.39 is 0 Å². The normalized spacial score (nSPS) is 21.8. The zero-order valence-corrected chi connectivity index (χ0v) is 7.05. The van der Waals surface area contributed by atoms with Crippen LogP contribution in [0, 0.1) is 17.8 Å². The van der Waals surface area contributed by atoms with E-state index in [1.54, 1.807) is 19.0 Å². The summed E-state index contributed by atoms with van der Waals surface area (Å²) in [5.41, 5.74) is 0. The lowest BCUT2D eigenvalue weighted by Gasteiger charge is -2.19. The summed E-state index contributed by atoms with van der Waals surface area (Å²) in [6, 6.07) is 0. The summed E-state index contributed by atoms with van der Waals surface area (Å²) < 4.78 is 0. The molecular formula is C9H13NO. The molecule has 0 N–H and O–H groups in total. The summed E-state index contributed by atoms with van der Waals surface area (Å²) in [6.45, 7) is 0. The lowest BCUT2D eigenvalue weighted by Crippen LogP contribution is -2.30. The largest absolute Gasteiger partial charge is 0.349 e. The van der Waals surface area contributed by atoms with Crippen LogP contribution in [0.1, 0.15) is 19.3 Å². The molecule has 0 aromatic carbocycles. The molecule has 1 unspecified atom stereocenters. The molecule has 0 aromatic rings. The van der Waals surface area contributed by atoms with Gasteiger partial charge in [0.2, 0.25) is 5.91 Å². The van der Waals surface area contributed by atoms with Crippen LogP contribution in [0.15, 0.2) is 0 Å². The van der Waals surface area contributed by atoms with Crippen molar-refractivity contribution < 1.29 is 4.79 Å². The molecule has 0 fully saturated rings. The van der Waals surface area contributed by atoms with E-state index in [4.69, 9.17) is 0 Å². The summed E-state index contributed by atoms with van der Waals surface area (Å²) in [7, 11) is 3.59. The van der Waals surface area contributed by atoms with Crippen LogP contribution in [0.3, 0.4) is 0 Å². The predicted octanol–water partition coefficient (Wildman–Crippen LogP) is 0.878. The standard InChI is InChI=1S/C9H13NO/c1-10(2)9(11)8-6-4-3-5-7-8/h8H,4,6-7H2,1-2H3. The zero-order chi connectivity index (χ0) is 8.27. The van der Waals surface area contributed by atoms with E-state index in [1.807, 2.05) is 0 Å². The Morgan fingerprint density at radius 3 is 2.64 bits per heavy atom. The van der Waals surface area contributed by atoms with Gasteiger partial charge in [-0.2, -0.15) is 0 Å². The SMILES string of the molecule is CN(C)C(=O)C1CC#CCC1. The predicted molar refractivity (Wildman–Crippen MR) is 43.8 cm³/mol. The van der Waals surface area contributed by atoms with Crippen molar-refractivity contribution in [3.63, 3.8) is 0 Å². The average Bonchev–Trinajstić information content (AvgIpc) is 2.05. The van der Waals surface area contributed by atoms with Crippen LogP contribution in [0.4, 0.5) is 0 Å². The van der Waals surface area contributed by atoms with Crippen molar-refractivity contribution in [2.45, 2.75) is 19.3 Å². The summed E-state index contributed by atoms with van der Waals surface area (Å²) >= 11 is 0. The molecule has 0 heterocycles. The molecule has 2 nitrogen and oxygen atoms in total. The Labute approximate surface area is 67.6 Å². The van der Waals surface area contributed by atoms with Gasteiger partial charge >= 0.3 is 0 Å².